The number of allylic oxidation sites excluding steroid dienone is 3. The molecule has 1 fully saturated rings. The first-order valence-corrected chi connectivity index (χ1v) is 8.88. The molecular formula is C19H18ClF3N4O. The Kier molecular flexibility index (Phi) is 5.51. The Morgan fingerprint density at radius 1 is 1.32 bits per heavy atom. The van der Waals surface area contributed by atoms with E-state index in [1.807, 2.05) is 0 Å². The van der Waals surface area contributed by atoms with Crippen LogP contribution >= 0.6 is 11.6 Å². The van der Waals surface area contributed by atoms with Crippen molar-refractivity contribution in [2.75, 3.05) is 5.73 Å². The molecule has 148 valence electrons. The SMILES string of the molecule is C=C(/C(=C\C=N)C1CCC1)n1nc(N)cc1-c1cc(Cl)cc(OC(F)(F)F)c1. The highest BCUT2D eigenvalue weighted by molar-refractivity contribution is 6.31. The number of alkyl halides is 3. The van der Waals surface area contributed by atoms with Gasteiger partial charge in [-0.3, -0.25) is 0 Å². The summed E-state index contributed by atoms with van der Waals surface area (Å²) < 4.78 is 43.3. The van der Waals surface area contributed by atoms with Gasteiger partial charge in [-0.15, -0.1) is 13.2 Å². The van der Waals surface area contributed by atoms with E-state index in [0.717, 1.165) is 30.9 Å². The number of hydrogen-bond acceptors (Lipinski definition) is 4. The number of rotatable bonds is 6. The Balaban J connectivity index is 2.04. The van der Waals surface area contributed by atoms with Gasteiger partial charge in [-0.25, -0.2) is 4.68 Å². The van der Waals surface area contributed by atoms with Crippen molar-refractivity contribution in [3.05, 3.63) is 47.5 Å². The van der Waals surface area contributed by atoms with E-state index in [9.17, 15) is 13.2 Å². The molecule has 0 atom stereocenters. The van der Waals surface area contributed by atoms with Crippen LogP contribution in [-0.4, -0.2) is 22.4 Å². The Morgan fingerprint density at radius 3 is 2.61 bits per heavy atom. The second-order valence-corrected chi connectivity index (χ2v) is 6.89. The third kappa shape index (κ3) is 4.39. The molecule has 9 heteroatoms. The van der Waals surface area contributed by atoms with Crippen molar-refractivity contribution in [3.63, 3.8) is 0 Å². The Labute approximate surface area is 164 Å². The molecule has 0 saturated heterocycles. The second-order valence-electron chi connectivity index (χ2n) is 6.45. The fourth-order valence-electron chi connectivity index (χ4n) is 3.11. The molecule has 1 aromatic heterocycles. The summed E-state index contributed by atoms with van der Waals surface area (Å²) in [5, 5.41) is 11.7. The molecular weight excluding hydrogens is 393 g/mol. The van der Waals surface area contributed by atoms with Gasteiger partial charge in [0.2, 0.25) is 0 Å². The molecule has 1 aliphatic carbocycles. The van der Waals surface area contributed by atoms with E-state index in [1.54, 1.807) is 6.08 Å². The van der Waals surface area contributed by atoms with Crippen LogP contribution in [0.2, 0.25) is 5.02 Å². The number of nitrogens with one attached hydrogen (secondary N) is 1. The molecule has 1 heterocycles. The second kappa shape index (κ2) is 7.71. The van der Waals surface area contributed by atoms with Crippen LogP contribution in [-0.2, 0) is 0 Å². The zero-order chi connectivity index (χ0) is 20.5. The molecule has 1 aromatic carbocycles. The first kappa shape index (κ1) is 20.0. The lowest BCUT2D eigenvalue weighted by Crippen LogP contribution is -2.18. The van der Waals surface area contributed by atoms with Crippen molar-refractivity contribution >= 4 is 29.3 Å². The minimum atomic E-state index is -4.84. The van der Waals surface area contributed by atoms with E-state index in [0.29, 0.717) is 17.0 Å². The first-order valence-electron chi connectivity index (χ1n) is 8.50. The predicted octanol–water partition coefficient (Wildman–Crippen LogP) is 5.53. The van der Waals surface area contributed by atoms with Crippen molar-refractivity contribution in [2.24, 2.45) is 5.92 Å². The lowest BCUT2D eigenvalue weighted by molar-refractivity contribution is -0.274. The Bertz CT molecular complexity index is 945. The zero-order valence-corrected chi connectivity index (χ0v) is 15.5. The van der Waals surface area contributed by atoms with Crippen molar-refractivity contribution in [1.82, 2.24) is 9.78 Å². The number of benzene rings is 1. The van der Waals surface area contributed by atoms with Gasteiger partial charge in [0.1, 0.15) is 11.6 Å². The van der Waals surface area contributed by atoms with Gasteiger partial charge in [0.25, 0.3) is 0 Å². The normalized spacial score (nSPS) is 15.2. The quantitative estimate of drug-likeness (QED) is 0.485. The molecule has 1 aliphatic rings. The number of halogens is 4. The number of hydrogen-bond donors (Lipinski definition) is 2. The number of ether oxygens (including phenoxy) is 1. The zero-order valence-electron chi connectivity index (χ0n) is 14.8. The van der Waals surface area contributed by atoms with Crippen LogP contribution in [0.25, 0.3) is 17.0 Å². The van der Waals surface area contributed by atoms with Gasteiger partial charge in [0.05, 0.1) is 11.4 Å². The molecule has 2 aromatic rings. The van der Waals surface area contributed by atoms with E-state index in [1.165, 1.54) is 29.1 Å². The molecule has 28 heavy (non-hydrogen) atoms. The average molecular weight is 411 g/mol. The van der Waals surface area contributed by atoms with Crippen LogP contribution in [0, 0.1) is 11.3 Å². The largest absolute Gasteiger partial charge is 0.573 e. The minimum absolute atomic E-state index is 0.0722. The van der Waals surface area contributed by atoms with Gasteiger partial charge >= 0.3 is 6.36 Å². The van der Waals surface area contributed by atoms with Gasteiger partial charge in [0.15, 0.2) is 0 Å². The average Bonchev–Trinajstić information content (AvgIpc) is 2.92. The van der Waals surface area contributed by atoms with Gasteiger partial charge in [-0.05, 0) is 48.6 Å². The van der Waals surface area contributed by atoms with Gasteiger partial charge in [-0.2, -0.15) is 5.10 Å². The summed E-state index contributed by atoms with van der Waals surface area (Å²) in [5.41, 5.74) is 7.98. The first-order chi connectivity index (χ1) is 13.2. The summed E-state index contributed by atoms with van der Waals surface area (Å²) >= 11 is 5.99. The van der Waals surface area contributed by atoms with Crippen molar-refractivity contribution in [1.29, 1.82) is 5.41 Å². The summed E-state index contributed by atoms with van der Waals surface area (Å²) in [7, 11) is 0. The maximum absolute atomic E-state index is 12.6. The Hall–Kier alpha value is -2.74. The molecule has 3 rings (SSSR count). The number of aromatic nitrogens is 2. The van der Waals surface area contributed by atoms with Gasteiger partial charge in [-0.1, -0.05) is 24.6 Å². The third-order valence-corrected chi connectivity index (χ3v) is 4.74. The van der Waals surface area contributed by atoms with Gasteiger partial charge < -0.3 is 15.9 Å². The molecule has 0 unspecified atom stereocenters. The predicted molar refractivity (Wildman–Crippen MR) is 103 cm³/mol. The van der Waals surface area contributed by atoms with E-state index >= 15 is 0 Å². The van der Waals surface area contributed by atoms with Crippen LogP contribution in [0.15, 0.2) is 42.5 Å². The molecule has 0 spiro atoms. The smallest absolute Gasteiger partial charge is 0.406 e. The van der Waals surface area contributed by atoms with Crippen LogP contribution in [0.5, 0.6) is 5.75 Å². The highest BCUT2D eigenvalue weighted by atomic mass is 35.5. The summed E-state index contributed by atoms with van der Waals surface area (Å²) in [6, 6.07) is 5.31. The topological polar surface area (TPSA) is 76.9 Å². The number of nitrogens with two attached hydrogens (primary N) is 1. The van der Waals surface area contributed by atoms with Crippen LogP contribution in [0.3, 0.4) is 0 Å². The molecule has 0 amide bonds. The molecule has 1 saturated carbocycles. The molecule has 0 aliphatic heterocycles. The van der Waals surface area contributed by atoms with Crippen LogP contribution < -0.4 is 10.5 Å². The lowest BCUT2D eigenvalue weighted by atomic mass is 9.78. The maximum atomic E-state index is 12.6. The highest BCUT2D eigenvalue weighted by Crippen LogP contribution is 2.39. The molecule has 0 bridgehead atoms. The lowest BCUT2D eigenvalue weighted by Gasteiger charge is -2.29. The standard InChI is InChI=1S/C19H18ClF3N4O/c1-11(16(5-6-24)12-3-2-4-12)27-17(10-18(25)26-27)13-7-14(20)9-15(8-13)28-19(21,22)23/h5-10,12,24H,1-4H2,(H2,25,26)/b16-5+,24-6?. The van der Waals surface area contributed by atoms with Crippen LogP contribution in [0.1, 0.15) is 19.3 Å². The highest BCUT2D eigenvalue weighted by Gasteiger charge is 2.31. The number of anilines is 1. The summed E-state index contributed by atoms with van der Waals surface area (Å²) in [4.78, 5) is 0. The van der Waals surface area contributed by atoms with E-state index < -0.39 is 12.1 Å². The van der Waals surface area contributed by atoms with Crippen molar-refractivity contribution in [2.45, 2.75) is 25.6 Å². The third-order valence-electron chi connectivity index (χ3n) is 4.53. The fourth-order valence-corrected chi connectivity index (χ4v) is 3.34. The number of nitrogens with zero attached hydrogens (tertiary/aromatic N) is 2. The molecule has 5 nitrogen and oxygen atoms in total. The van der Waals surface area contributed by atoms with E-state index in [4.69, 9.17) is 22.7 Å². The fraction of sp³-hybridized carbons (Fsp3) is 0.263. The summed E-state index contributed by atoms with van der Waals surface area (Å²) in [5.74, 6) is -0.00530. The minimum Gasteiger partial charge on any atom is -0.406 e. The van der Waals surface area contributed by atoms with Gasteiger partial charge in [0, 0.05) is 22.9 Å². The van der Waals surface area contributed by atoms with E-state index in [-0.39, 0.29) is 16.8 Å². The Morgan fingerprint density at radius 2 is 2.04 bits per heavy atom. The van der Waals surface area contributed by atoms with Crippen molar-refractivity contribution in [3.8, 4) is 17.0 Å². The van der Waals surface area contributed by atoms with Crippen molar-refractivity contribution < 1.29 is 17.9 Å². The van der Waals surface area contributed by atoms with E-state index in [2.05, 4.69) is 16.4 Å². The summed E-state index contributed by atoms with van der Waals surface area (Å²) in [6.45, 7) is 4.08. The number of nitrogen functional groups attached to an aromatic ring is 1. The summed E-state index contributed by atoms with van der Waals surface area (Å²) in [6.07, 6.45) is 1.05. The molecule has 0 radical (unpaired) electrons. The maximum Gasteiger partial charge on any atom is 0.573 e. The molecule has 3 N–H and O–H groups in total. The van der Waals surface area contributed by atoms with Crippen LogP contribution in [0.4, 0.5) is 19.0 Å². The monoisotopic (exact) mass is 410 g/mol.